The third kappa shape index (κ3) is 5.10. The molecule has 0 spiro atoms. The first-order valence-electron chi connectivity index (χ1n) is 11.1. The Morgan fingerprint density at radius 1 is 1.03 bits per heavy atom. The average Bonchev–Trinajstić information content (AvgIpc) is 2.71. The van der Waals surface area contributed by atoms with Gasteiger partial charge in [-0.3, -0.25) is 4.79 Å². The van der Waals surface area contributed by atoms with Gasteiger partial charge in [0.05, 0.1) is 11.3 Å². The van der Waals surface area contributed by atoms with Crippen LogP contribution < -0.4 is 21.1 Å². The van der Waals surface area contributed by atoms with Gasteiger partial charge in [-0.05, 0) is 87.3 Å². The second-order valence-electron chi connectivity index (χ2n) is 10.2. The maximum Gasteiger partial charge on any atom is 0.248 e. The van der Waals surface area contributed by atoms with E-state index < -0.39 is 0 Å². The standard InChI is InChI=1S/C25H32N5O2P/c1-24(2)13-17(14-25(3,4)29-24)30(5)21-7-6-18(27-28-21)23-19(31)10-16(11-20(23)33)15-8-9-26-22(32)12-15/h6-12,17,29,31H,13-14,33H2,1-5H3,(H,26,32). The molecular weight excluding hydrogens is 433 g/mol. The summed E-state index contributed by atoms with van der Waals surface area (Å²) in [5.74, 6) is 0.900. The van der Waals surface area contributed by atoms with E-state index in [2.05, 4.69) is 69.4 Å². The average molecular weight is 466 g/mol. The minimum atomic E-state index is -0.188. The number of hydrogen-bond donors (Lipinski definition) is 3. The summed E-state index contributed by atoms with van der Waals surface area (Å²) in [4.78, 5) is 16.5. The van der Waals surface area contributed by atoms with Crippen molar-refractivity contribution in [3.05, 3.63) is 52.9 Å². The van der Waals surface area contributed by atoms with Crippen molar-refractivity contribution >= 4 is 20.4 Å². The molecular formula is C25H32N5O2P. The molecule has 4 rings (SSSR count). The monoisotopic (exact) mass is 465 g/mol. The molecule has 1 aliphatic rings. The van der Waals surface area contributed by atoms with Crippen LogP contribution in [-0.4, -0.2) is 44.5 Å². The highest BCUT2D eigenvalue weighted by Crippen LogP contribution is 2.34. The number of nitrogens with one attached hydrogen (secondary N) is 2. The zero-order chi connectivity index (χ0) is 24.0. The number of hydrogen-bond acceptors (Lipinski definition) is 6. The predicted molar refractivity (Wildman–Crippen MR) is 137 cm³/mol. The summed E-state index contributed by atoms with van der Waals surface area (Å²) >= 11 is 0. The van der Waals surface area contributed by atoms with Crippen LogP contribution in [-0.2, 0) is 0 Å². The molecule has 0 amide bonds. The third-order valence-electron chi connectivity index (χ3n) is 6.24. The Labute approximate surface area is 196 Å². The number of H-pyrrole nitrogens is 1. The third-order valence-corrected chi connectivity index (χ3v) is 6.70. The van der Waals surface area contributed by atoms with Crippen LogP contribution in [0.25, 0.3) is 22.4 Å². The van der Waals surface area contributed by atoms with Crippen molar-refractivity contribution in [1.82, 2.24) is 20.5 Å². The summed E-state index contributed by atoms with van der Waals surface area (Å²) < 4.78 is 0. The van der Waals surface area contributed by atoms with Crippen LogP contribution in [0.15, 0.2) is 47.4 Å². The Kier molecular flexibility index (Phi) is 6.06. The number of benzene rings is 1. The number of phenols is 1. The maximum absolute atomic E-state index is 11.6. The Balaban J connectivity index is 1.60. The lowest BCUT2D eigenvalue weighted by atomic mass is 9.79. The van der Waals surface area contributed by atoms with Crippen LogP contribution in [0.1, 0.15) is 40.5 Å². The lowest BCUT2D eigenvalue weighted by Crippen LogP contribution is -2.62. The Hall–Kier alpha value is -2.76. The van der Waals surface area contributed by atoms with E-state index >= 15 is 0 Å². The number of pyridine rings is 1. The van der Waals surface area contributed by atoms with Crippen molar-refractivity contribution in [3.63, 3.8) is 0 Å². The lowest BCUT2D eigenvalue weighted by molar-refractivity contribution is 0.160. The number of nitrogens with zero attached hydrogens (tertiary/aromatic N) is 3. The smallest absolute Gasteiger partial charge is 0.248 e. The first-order valence-corrected chi connectivity index (χ1v) is 11.7. The van der Waals surface area contributed by atoms with Gasteiger partial charge in [-0.15, -0.1) is 19.4 Å². The van der Waals surface area contributed by atoms with Crippen LogP contribution in [0.2, 0.25) is 0 Å². The largest absolute Gasteiger partial charge is 0.507 e. The van der Waals surface area contributed by atoms with Crippen molar-refractivity contribution in [1.29, 1.82) is 0 Å². The zero-order valence-electron chi connectivity index (χ0n) is 19.8. The van der Waals surface area contributed by atoms with E-state index in [0.717, 1.165) is 35.1 Å². The zero-order valence-corrected chi connectivity index (χ0v) is 21.0. The van der Waals surface area contributed by atoms with Gasteiger partial charge < -0.3 is 20.3 Å². The lowest BCUT2D eigenvalue weighted by Gasteiger charge is -2.49. The van der Waals surface area contributed by atoms with Gasteiger partial charge in [-0.25, -0.2) is 0 Å². The van der Waals surface area contributed by atoms with Crippen molar-refractivity contribution in [3.8, 4) is 28.1 Å². The summed E-state index contributed by atoms with van der Waals surface area (Å²) in [6.45, 7) is 8.95. The number of piperidine rings is 1. The van der Waals surface area contributed by atoms with Crippen LogP contribution in [0.3, 0.4) is 0 Å². The Morgan fingerprint density at radius 3 is 2.30 bits per heavy atom. The second kappa shape index (κ2) is 8.54. The summed E-state index contributed by atoms with van der Waals surface area (Å²) in [5, 5.41) is 24.2. The van der Waals surface area contributed by atoms with Crippen molar-refractivity contribution in [2.45, 2.75) is 57.7 Å². The molecule has 1 fully saturated rings. The number of aromatic hydroxyl groups is 1. The highest BCUT2D eigenvalue weighted by Gasteiger charge is 2.39. The molecule has 8 heteroatoms. The van der Waals surface area contributed by atoms with E-state index in [0.29, 0.717) is 17.3 Å². The molecule has 0 saturated carbocycles. The van der Waals surface area contributed by atoms with Gasteiger partial charge in [-0.2, -0.15) is 0 Å². The molecule has 1 unspecified atom stereocenters. The van der Waals surface area contributed by atoms with Crippen LogP contribution in [0.4, 0.5) is 5.82 Å². The van der Waals surface area contributed by atoms with Gasteiger partial charge in [0.2, 0.25) is 5.56 Å². The molecule has 3 heterocycles. The number of rotatable bonds is 4. The molecule has 1 aliphatic heterocycles. The Bertz CT molecular complexity index is 1180. The first-order chi connectivity index (χ1) is 15.4. The minimum Gasteiger partial charge on any atom is -0.507 e. The fourth-order valence-electron chi connectivity index (χ4n) is 5.09. The molecule has 2 aromatic heterocycles. The van der Waals surface area contributed by atoms with Gasteiger partial charge in [0.25, 0.3) is 0 Å². The van der Waals surface area contributed by atoms with Gasteiger partial charge in [0.15, 0.2) is 5.82 Å². The molecule has 0 radical (unpaired) electrons. The number of aromatic nitrogens is 3. The molecule has 3 N–H and O–H groups in total. The SMILES string of the molecule is CN(c1ccc(-c2c(O)cc(-c3cc[nH]c(=O)c3)cc2P)nn1)C1CC(C)(C)NC(C)(C)C1. The molecule has 33 heavy (non-hydrogen) atoms. The molecule has 0 bridgehead atoms. The van der Waals surface area contributed by atoms with Gasteiger partial charge >= 0.3 is 0 Å². The maximum atomic E-state index is 11.6. The van der Waals surface area contributed by atoms with Gasteiger partial charge in [0.1, 0.15) is 5.75 Å². The van der Waals surface area contributed by atoms with Crippen molar-refractivity contribution in [2.24, 2.45) is 0 Å². The fraction of sp³-hybridized carbons (Fsp3) is 0.400. The number of aromatic amines is 1. The van der Waals surface area contributed by atoms with E-state index in [9.17, 15) is 9.90 Å². The van der Waals surface area contributed by atoms with E-state index in [1.807, 2.05) is 18.2 Å². The van der Waals surface area contributed by atoms with Crippen molar-refractivity contribution < 1.29 is 5.11 Å². The minimum absolute atomic E-state index is 0.0412. The quantitative estimate of drug-likeness (QED) is 0.511. The summed E-state index contributed by atoms with van der Waals surface area (Å²) in [7, 11) is 4.72. The molecule has 174 valence electrons. The van der Waals surface area contributed by atoms with E-state index in [4.69, 9.17) is 0 Å². The van der Waals surface area contributed by atoms with Crippen LogP contribution >= 0.6 is 9.24 Å². The summed E-state index contributed by atoms with van der Waals surface area (Å²) in [6, 6.07) is 11.1. The normalized spacial score (nSPS) is 17.6. The van der Waals surface area contributed by atoms with Crippen LogP contribution in [0, 0.1) is 0 Å². The van der Waals surface area contributed by atoms with Gasteiger partial charge in [-0.1, -0.05) is 0 Å². The predicted octanol–water partition coefficient (Wildman–Crippen LogP) is 3.45. The molecule has 1 saturated heterocycles. The highest BCUT2D eigenvalue weighted by molar-refractivity contribution is 7.28. The number of anilines is 1. The van der Waals surface area contributed by atoms with E-state index in [-0.39, 0.29) is 22.4 Å². The topological polar surface area (TPSA) is 94.1 Å². The van der Waals surface area contributed by atoms with Crippen LogP contribution in [0.5, 0.6) is 5.75 Å². The highest BCUT2D eigenvalue weighted by atomic mass is 31.0. The molecule has 0 aliphatic carbocycles. The van der Waals surface area contributed by atoms with E-state index in [1.165, 1.54) is 6.07 Å². The summed E-state index contributed by atoms with van der Waals surface area (Å²) in [6.07, 6.45) is 3.61. The number of phenolic OH excluding ortho intramolecular Hbond substituents is 1. The Morgan fingerprint density at radius 2 is 1.73 bits per heavy atom. The van der Waals surface area contributed by atoms with E-state index in [1.54, 1.807) is 18.3 Å². The molecule has 3 aromatic rings. The fourth-order valence-corrected chi connectivity index (χ4v) is 5.57. The summed E-state index contributed by atoms with van der Waals surface area (Å²) in [5.41, 5.74) is 2.59. The molecule has 1 aromatic carbocycles. The van der Waals surface area contributed by atoms with Gasteiger partial charge in [0, 0.05) is 36.4 Å². The first kappa shape index (κ1) is 23.4. The van der Waals surface area contributed by atoms with Crippen molar-refractivity contribution in [2.75, 3.05) is 11.9 Å². The molecule has 7 nitrogen and oxygen atoms in total. The molecule has 1 atom stereocenters. The second-order valence-corrected chi connectivity index (χ2v) is 10.9.